The maximum absolute atomic E-state index is 13.7. The van der Waals surface area contributed by atoms with Crippen LogP contribution < -0.4 is 5.32 Å². The molecule has 8 nitrogen and oxygen atoms in total. The molecule has 2 aromatic carbocycles. The molecule has 1 heterocycles. The Kier molecular flexibility index (Phi) is 10.3. The number of likely N-dealkylation sites (tertiary alicyclic amines) is 1. The molecule has 3 rings (SSSR count). The molecule has 0 aliphatic carbocycles. The van der Waals surface area contributed by atoms with Gasteiger partial charge in [0.15, 0.2) is 0 Å². The number of benzene rings is 2. The summed E-state index contributed by atoms with van der Waals surface area (Å²) in [6.07, 6.45) is 6.65. The highest BCUT2D eigenvalue weighted by Crippen LogP contribution is 2.27. The Morgan fingerprint density at radius 1 is 1.05 bits per heavy atom. The number of hydrogen-bond donors (Lipinski definition) is 1. The Balaban J connectivity index is 1.83. The molecule has 39 heavy (non-hydrogen) atoms. The molecule has 206 valence electrons. The van der Waals surface area contributed by atoms with Crippen molar-refractivity contribution in [3.05, 3.63) is 110 Å². The Morgan fingerprint density at radius 2 is 1.74 bits per heavy atom. The monoisotopic (exact) mass is 549 g/mol. The zero-order valence-electron chi connectivity index (χ0n) is 22.2. The van der Waals surface area contributed by atoms with Gasteiger partial charge in [0.25, 0.3) is 15.9 Å². The van der Waals surface area contributed by atoms with Crippen molar-refractivity contribution in [2.45, 2.75) is 36.6 Å². The quantitative estimate of drug-likeness (QED) is 0.319. The van der Waals surface area contributed by atoms with Crippen LogP contribution in [0.5, 0.6) is 0 Å². The largest absolute Gasteiger partial charge is 0.453 e. The lowest BCUT2D eigenvalue weighted by atomic mass is 10.0. The van der Waals surface area contributed by atoms with Gasteiger partial charge in [-0.3, -0.25) is 4.79 Å². The topological polar surface area (TPSA) is 96.0 Å². The number of methoxy groups -OCH3 is 1. The van der Waals surface area contributed by atoms with Crippen LogP contribution in [0.15, 0.2) is 103 Å². The Hall–Kier alpha value is -4.11. The van der Waals surface area contributed by atoms with Crippen LogP contribution in [-0.2, 0) is 14.8 Å². The summed E-state index contributed by atoms with van der Waals surface area (Å²) in [6, 6.07) is 15.3. The van der Waals surface area contributed by atoms with E-state index in [1.165, 1.54) is 43.7 Å². The lowest BCUT2D eigenvalue weighted by molar-refractivity contribution is 0.0760. The third-order valence-corrected chi connectivity index (χ3v) is 8.21. The van der Waals surface area contributed by atoms with E-state index in [2.05, 4.69) is 29.8 Å². The normalized spacial score (nSPS) is 16.0. The predicted molar refractivity (Wildman–Crippen MR) is 153 cm³/mol. The number of ether oxygens (including phenoxy) is 1. The number of amides is 2. The van der Waals surface area contributed by atoms with Gasteiger partial charge in [-0.05, 0) is 67.2 Å². The van der Waals surface area contributed by atoms with Crippen LogP contribution in [0.25, 0.3) is 5.57 Å². The van der Waals surface area contributed by atoms with Crippen molar-refractivity contribution in [1.82, 2.24) is 14.5 Å². The van der Waals surface area contributed by atoms with Gasteiger partial charge in [-0.2, -0.15) is 0 Å². The molecule has 1 atom stereocenters. The fourth-order valence-corrected chi connectivity index (χ4v) is 5.68. The average Bonchev–Trinajstić information content (AvgIpc) is 3.20. The molecule has 1 unspecified atom stereocenters. The number of allylic oxidation sites excluding steroid dienone is 3. The number of nitrogens with zero attached hydrogens (tertiary/aromatic N) is 2. The van der Waals surface area contributed by atoms with Crippen LogP contribution in [0, 0.1) is 0 Å². The van der Waals surface area contributed by atoms with Crippen molar-refractivity contribution in [3.63, 3.8) is 0 Å². The van der Waals surface area contributed by atoms with E-state index in [0.29, 0.717) is 31.5 Å². The van der Waals surface area contributed by atoms with Crippen molar-refractivity contribution >= 4 is 27.6 Å². The van der Waals surface area contributed by atoms with E-state index in [-0.39, 0.29) is 22.5 Å². The summed E-state index contributed by atoms with van der Waals surface area (Å²) in [6.45, 7) is 12.4. The summed E-state index contributed by atoms with van der Waals surface area (Å²) in [4.78, 5) is 26.4. The highest BCUT2D eigenvalue weighted by Gasteiger charge is 2.26. The molecule has 9 heteroatoms. The lowest BCUT2D eigenvalue weighted by Crippen LogP contribution is -2.36. The maximum Gasteiger partial charge on any atom is 0.407 e. The summed E-state index contributed by atoms with van der Waals surface area (Å²) in [5.74, 6) is -0.192. The van der Waals surface area contributed by atoms with E-state index in [0.717, 1.165) is 28.3 Å². The molecule has 1 fully saturated rings. The number of rotatable bonds is 10. The van der Waals surface area contributed by atoms with Crippen LogP contribution in [0.1, 0.15) is 41.6 Å². The summed E-state index contributed by atoms with van der Waals surface area (Å²) in [7, 11) is -2.74. The molecule has 0 aromatic heterocycles. The standard InChI is InChI=1S/C30H35N3O5S/c1-5-11-26(24-12-8-7-9-13-24)22-33(23(3)6-2)39(36,37)28-17-15-25(16-18-28)29(34)32-20-10-14-27(19-21-32)31-30(35)38-4/h5-9,12-13,15-18,22,27H,1-3,10-11,14,19-21H2,4H3,(H,31,35)/b26-22+. The van der Waals surface area contributed by atoms with Gasteiger partial charge < -0.3 is 15.0 Å². The first-order chi connectivity index (χ1) is 18.7. The molecule has 0 radical (unpaired) electrons. The molecule has 2 aromatic rings. The van der Waals surface area contributed by atoms with Crippen molar-refractivity contribution in [3.8, 4) is 0 Å². The summed E-state index contributed by atoms with van der Waals surface area (Å²) < 4.78 is 33.1. The van der Waals surface area contributed by atoms with E-state index in [1.54, 1.807) is 11.0 Å². The van der Waals surface area contributed by atoms with Gasteiger partial charge in [0.2, 0.25) is 0 Å². The highest BCUT2D eigenvalue weighted by molar-refractivity contribution is 7.89. The van der Waals surface area contributed by atoms with Crippen molar-refractivity contribution in [2.24, 2.45) is 0 Å². The van der Waals surface area contributed by atoms with Gasteiger partial charge in [0.1, 0.15) is 0 Å². The van der Waals surface area contributed by atoms with Crippen molar-refractivity contribution in [2.75, 3.05) is 20.2 Å². The zero-order valence-corrected chi connectivity index (χ0v) is 23.0. The Morgan fingerprint density at radius 3 is 2.36 bits per heavy atom. The number of sulfonamides is 1. The second-order valence-corrected chi connectivity index (χ2v) is 10.9. The van der Waals surface area contributed by atoms with E-state index >= 15 is 0 Å². The molecule has 1 N–H and O–H groups in total. The van der Waals surface area contributed by atoms with Gasteiger partial charge in [-0.15, -0.1) is 6.58 Å². The summed E-state index contributed by atoms with van der Waals surface area (Å²) >= 11 is 0. The van der Waals surface area contributed by atoms with Crippen LogP contribution in [0.4, 0.5) is 4.79 Å². The summed E-state index contributed by atoms with van der Waals surface area (Å²) in [5, 5.41) is 2.79. The SMILES string of the molecule is C=CC/C(=C\N(C(=C)C=C)S(=O)(=O)c1ccc(C(=O)N2CCCC(NC(=O)OC)CC2)cc1)c1ccccc1. The van der Waals surface area contributed by atoms with E-state index < -0.39 is 16.1 Å². The third-order valence-electron chi connectivity index (χ3n) is 6.48. The average molecular weight is 550 g/mol. The fraction of sp³-hybridized carbons (Fsp3) is 0.267. The molecule has 0 bridgehead atoms. The first-order valence-corrected chi connectivity index (χ1v) is 14.1. The molecule has 0 saturated carbocycles. The van der Waals surface area contributed by atoms with Gasteiger partial charge in [-0.1, -0.05) is 49.6 Å². The third kappa shape index (κ3) is 7.48. The van der Waals surface area contributed by atoms with E-state index in [1.807, 2.05) is 30.3 Å². The molecular formula is C30H35N3O5S. The minimum absolute atomic E-state index is 0.0162. The number of hydrogen-bond acceptors (Lipinski definition) is 5. The zero-order chi connectivity index (χ0) is 28.4. The smallest absolute Gasteiger partial charge is 0.407 e. The van der Waals surface area contributed by atoms with Gasteiger partial charge in [0.05, 0.1) is 12.0 Å². The minimum Gasteiger partial charge on any atom is -0.453 e. The highest BCUT2D eigenvalue weighted by atomic mass is 32.2. The molecule has 0 spiro atoms. The Labute approximate surface area is 231 Å². The Bertz CT molecular complexity index is 1330. The molecule has 1 saturated heterocycles. The van der Waals surface area contributed by atoms with E-state index in [4.69, 9.17) is 0 Å². The van der Waals surface area contributed by atoms with E-state index in [9.17, 15) is 18.0 Å². The number of carbonyl (C=O) groups excluding carboxylic acids is 2. The lowest BCUT2D eigenvalue weighted by Gasteiger charge is -2.23. The van der Waals surface area contributed by atoms with Crippen LogP contribution >= 0.6 is 0 Å². The fourth-order valence-electron chi connectivity index (χ4n) is 4.33. The maximum atomic E-state index is 13.7. The van der Waals surface area contributed by atoms with Crippen molar-refractivity contribution in [1.29, 1.82) is 0 Å². The van der Waals surface area contributed by atoms with Crippen molar-refractivity contribution < 1.29 is 22.7 Å². The van der Waals surface area contributed by atoms with Gasteiger partial charge >= 0.3 is 6.09 Å². The van der Waals surface area contributed by atoms with Crippen LogP contribution in [0.2, 0.25) is 0 Å². The molecule has 1 aliphatic heterocycles. The summed E-state index contributed by atoms with van der Waals surface area (Å²) in [5.41, 5.74) is 2.17. The first-order valence-electron chi connectivity index (χ1n) is 12.7. The predicted octanol–water partition coefficient (Wildman–Crippen LogP) is 5.34. The molecular weight excluding hydrogens is 514 g/mol. The second kappa shape index (κ2) is 13.6. The number of carbonyl (C=O) groups is 2. The van der Waals surface area contributed by atoms with Crippen LogP contribution in [-0.4, -0.2) is 55.9 Å². The molecule has 1 aliphatic rings. The van der Waals surface area contributed by atoms with Crippen LogP contribution in [0.3, 0.4) is 0 Å². The number of alkyl carbamates (subject to hydrolysis) is 1. The minimum atomic E-state index is -4.05. The first kappa shape index (κ1) is 29.4. The van der Waals surface area contributed by atoms with Gasteiger partial charge in [0, 0.05) is 36.6 Å². The van der Waals surface area contributed by atoms with Gasteiger partial charge in [-0.25, -0.2) is 17.5 Å². The number of nitrogens with one attached hydrogen (secondary N) is 1. The second-order valence-electron chi connectivity index (χ2n) is 9.09. The molecule has 2 amide bonds.